The number of nitrogens with zero attached hydrogens (tertiary/aromatic N) is 2. The van der Waals surface area contributed by atoms with Crippen molar-refractivity contribution in [1.82, 2.24) is 9.55 Å². The number of hydrogen-bond donors (Lipinski definition) is 0. The van der Waals surface area contributed by atoms with E-state index in [1.165, 1.54) is 18.4 Å². The predicted molar refractivity (Wildman–Crippen MR) is 122 cm³/mol. The number of halogens is 2. The topological polar surface area (TPSA) is 52.0 Å². The van der Waals surface area contributed by atoms with Gasteiger partial charge in [-0.25, -0.2) is 17.8 Å². The van der Waals surface area contributed by atoms with Crippen molar-refractivity contribution in [1.29, 1.82) is 0 Å². The van der Waals surface area contributed by atoms with Crippen LogP contribution in [0.4, 0.5) is 4.39 Å². The summed E-state index contributed by atoms with van der Waals surface area (Å²) in [4.78, 5) is 5.21. The molecule has 0 aliphatic heterocycles. The number of rotatable bonds is 5. The zero-order chi connectivity index (χ0) is 22.2. The first-order valence-corrected chi connectivity index (χ1v) is 12.2. The molecule has 0 radical (unpaired) electrons. The van der Waals surface area contributed by atoms with Gasteiger partial charge in [-0.1, -0.05) is 30.7 Å². The second-order valence-corrected chi connectivity index (χ2v) is 10.2. The molecule has 0 N–H and O–H groups in total. The Hall–Kier alpha value is -2.70. The molecule has 0 fully saturated rings. The molecule has 0 amide bonds. The summed E-state index contributed by atoms with van der Waals surface area (Å²) in [5.41, 5.74) is 1.94. The maximum absolute atomic E-state index is 13.4. The number of allylic oxidation sites excluding steroid dienone is 4. The van der Waals surface area contributed by atoms with E-state index in [1.54, 1.807) is 36.4 Å². The van der Waals surface area contributed by atoms with Gasteiger partial charge in [0, 0.05) is 28.7 Å². The molecule has 31 heavy (non-hydrogen) atoms. The van der Waals surface area contributed by atoms with Crippen LogP contribution in [0.3, 0.4) is 0 Å². The third kappa shape index (κ3) is 4.23. The smallest absolute Gasteiger partial charge is 0.175 e. The fraction of sp³-hybridized carbons (Fsp3) is 0.208. The summed E-state index contributed by atoms with van der Waals surface area (Å²) in [5, 5.41) is 0.693. The van der Waals surface area contributed by atoms with Crippen molar-refractivity contribution in [3.05, 3.63) is 89.6 Å². The van der Waals surface area contributed by atoms with Crippen molar-refractivity contribution >= 4 is 21.4 Å². The number of hydrogen-bond acceptors (Lipinski definition) is 3. The zero-order valence-corrected chi connectivity index (χ0v) is 18.8. The van der Waals surface area contributed by atoms with Gasteiger partial charge in [0.05, 0.1) is 16.0 Å². The summed E-state index contributed by atoms with van der Waals surface area (Å²) in [6.07, 6.45) is 10.5. The molecule has 7 heteroatoms. The molecule has 1 aromatic heterocycles. The summed E-state index contributed by atoms with van der Waals surface area (Å²) >= 11 is 6.18. The van der Waals surface area contributed by atoms with Crippen LogP contribution in [-0.2, 0) is 15.3 Å². The molecule has 1 aliphatic carbocycles. The lowest BCUT2D eigenvalue weighted by atomic mass is 9.78. The van der Waals surface area contributed by atoms with Gasteiger partial charge in [0.25, 0.3) is 0 Å². The van der Waals surface area contributed by atoms with Crippen molar-refractivity contribution in [2.24, 2.45) is 0 Å². The molecule has 3 aromatic rings. The van der Waals surface area contributed by atoms with E-state index in [1.807, 2.05) is 22.9 Å². The lowest BCUT2D eigenvalue weighted by Gasteiger charge is -2.30. The molecular weight excluding hydrogens is 435 g/mol. The lowest BCUT2D eigenvalue weighted by Crippen LogP contribution is -2.27. The average molecular weight is 457 g/mol. The first kappa shape index (κ1) is 21.5. The Bertz CT molecular complexity index is 1280. The molecule has 1 atom stereocenters. The van der Waals surface area contributed by atoms with Gasteiger partial charge in [0.15, 0.2) is 9.84 Å². The molecule has 1 aliphatic rings. The molecule has 0 spiro atoms. The molecule has 0 saturated carbocycles. The summed E-state index contributed by atoms with van der Waals surface area (Å²) in [6, 6.07) is 13.0. The van der Waals surface area contributed by atoms with Crippen molar-refractivity contribution in [3.8, 4) is 16.9 Å². The Labute approximate surface area is 186 Å². The van der Waals surface area contributed by atoms with Gasteiger partial charge in [-0.3, -0.25) is 0 Å². The van der Waals surface area contributed by atoms with Gasteiger partial charge in [0.1, 0.15) is 11.6 Å². The van der Waals surface area contributed by atoms with E-state index in [9.17, 15) is 12.8 Å². The Morgan fingerprint density at radius 1 is 1.13 bits per heavy atom. The van der Waals surface area contributed by atoms with Crippen LogP contribution in [0.15, 0.2) is 82.9 Å². The lowest BCUT2D eigenvalue weighted by molar-refractivity contribution is 0.478. The van der Waals surface area contributed by atoms with E-state index in [0.29, 0.717) is 17.1 Å². The quantitative estimate of drug-likeness (QED) is 0.486. The van der Waals surface area contributed by atoms with Gasteiger partial charge in [-0.15, -0.1) is 0 Å². The fourth-order valence-corrected chi connectivity index (χ4v) is 4.55. The highest BCUT2D eigenvalue weighted by Crippen LogP contribution is 2.39. The van der Waals surface area contributed by atoms with Crippen LogP contribution in [0.2, 0.25) is 0 Å². The van der Waals surface area contributed by atoms with Crippen LogP contribution >= 0.6 is 11.6 Å². The molecule has 160 valence electrons. The SMILES string of the molecule is CCC1(c2nc(-c3ccc(F)cc3)cn2-c2ccc(S(C)(=O)=O)cc2)C=CC(Cl)=CC1. The van der Waals surface area contributed by atoms with Crippen LogP contribution < -0.4 is 0 Å². The van der Waals surface area contributed by atoms with Crippen molar-refractivity contribution < 1.29 is 12.8 Å². The van der Waals surface area contributed by atoms with Crippen LogP contribution in [0, 0.1) is 5.82 Å². The molecule has 4 nitrogen and oxygen atoms in total. The van der Waals surface area contributed by atoms with Crippen molar-refractivity contribution in [2.75, 3.05) is 6.26 Å². The summed E-state index contributed by atoms with van der Waals surface area (Å²) in [6.45, 7) is 2.10. The van der Waals surface area contributed by atoms with E-state index in [4.69, 9.17) is 16.6 Å². The zero-order valence-electron chi connectivity index (χ0n) is 17.2. The van der Waals surface area contributed by atoms with Gasteiger partial charge in [0.2, 0.25) is 0 Å². The van der Waals surface area contributed by atoms with Crippen LogP contribution in [0.5, 0.6) is 0 Å². The third-order valence-corrected chi connectivity index (χ3v) is 7.10. The van der Waals surface area contributed by atoms with Crippen LogP contribution in [0.25, 0.3) is 16.9 Å². The van der Waals surface area contributed by atoms with Gasteiger partial charge >= 0.3 is 0 Å². The Balaban J connectivity index is 1.88. The minimum atomic E-state index is -3.29. The first-order valence-electron chi connectivity index (χ1n) is 9.93. The largest absolute Gasteiger partial charge is 0.302 e. The van der Waals surface area contributed by atoms with Crippen LogP contribution in [-0.4, -0.2) is 24.2 Å². The van der Waals surface area contributed by atoms with E-state index >= 15 is 0 Å². The number of benzene rings is 2. The van der Waals surface area contributed by atoms with E-state index in [0.717, 1.165) is 23.5 Å². The number of aromatic nitrogens is 2. The summed E-state index contributed by atoms with van der Waals surface area (Å²) in [5.74, 6) is 0.512. The summed E-state index contributed by atoms with van der Waals surface area (Å²) < 4.78 is 39.1. The van der Waals surface area contributed by atoms with E-state index < -0.39 is 9.84 Å². The molecule has 2 aromatic carbocycles. The second-order valence-electron chi connectivity index (χ2n) is 7.73. The standard InChI is InChI=1S/C24H22ClFN2O2S/c1-3-24(14-12-18(25)13-15-24)23-27-22(17-4-6-19(26)7-5-17)16-28(23)20-8-10-21(11-9-20)31(2,29)30/h4-14,16H,3,15H2,1-2H3. The summed E-state index contributed by atoms with van der Waals surface area (Å²) in [7, 11) is -3.29. The fourth-order valence-electron chi connectivity index (χ4n) is 3.78. The molecule has 4 rings (SSSR count). The first-order chi connectivity index (χ1) is 14.7. The number of sulfone groups is 1. The average Bonchev–Trinajstić information content (AvgIpc) is 3.21. The highest BCUT2D eigenvalue weighted by molar-refractivity contribution is 7.90. The molecule has 0 saturated heterocycles. The monoisotopic (exact) mass is 456 g/mol. The Morgan fingerprint density at radius 2 is 1.81 bits per heavy atom. The maximum Gasteiger partial charge on any atom is 0.175 e. The second kappa shape index (κ2) is 8.09. The van der Waals surface area contributed by atoms with Crippen molar-refractivity contribution in [3.63, 3.8) is 0 Å². The highest BCUT2D eigenvalue weighted by Gasteiger charge is 2.34. The highest BCUT2D eigenvalue weighted by atomic mass is 35.5. The minimum Gasteiger partial charge on any atom is -0.302 e. The molecule has 0 bridgehead atoms. The normalized spacial score (nSPS) is 18.8. The van der Waals surface area contributed by atoms with Gasteiger partial charge < -0.3 is 4.57 Å². The molecule has 1 unspecified atom stereocenters. The van der Waals surface area contributed by atoms with Crippen molar-refractivity contribution in [2.45, 2.75) is 30.1 Å². The predicted octanol–water partition coefficient (Wildman–Crippen LogP) is 5.81. The van der Waals surface area contributed by atoms with E-state index in [2.05, 4.69) is 13.0 Å². The Kier molecular flexibility index (Phi) is 5.62. The van der Waals surface area contributed by atoms with Gasteiger partial charge in [-0.2, -0.15) is 0 Å². The maximum atomic E-state index is 13.4. The third-order valence-electron chi connectivity index (χ3n) is 5.69. The Morgan fingerprint density at radius 3 is 2.35 bits per heavy atom. The number of imidazole rings is 1. The minimum absolute atomic E-state index is 0.258. The molecule has 1 heterocycles. The van der Waals surface area contributed by atoms with Gasteiger partial charge in [-0.05, 0) is 67.4 Å². The molecular formula is C24H22ClFN2O2S. The van der Waals surface area contributed by atoms with Crippen LogP contribution in [0.1, 0.15) is 25.6 Å². The van der Waals surface area contributed by atoms with E-state index in [-0.39, 0.29) is 16.1 Å².